The standard InChI is InChI=1S/C30H29ClF6N4O2/c1-16(42)20-9-10-41(26(20)38)25-14-22(21-7-5-6-8-23(21)31)24(15-39-25)40(4)27(43)28(2,3)17-11-18(29(32,33)34)13-19(12-17)30(35,36)37/h5-8,11-15,20,26H,9-10,38H2,1-4H3. The summed E-state index contributed by atoms with van der Waals surface area (Å²) in [6.45, 7) is 4.41. The molecule has 1 aliphatic rings. The maximum Gasteiger partial charge on any atom is 0.416 e. The number of rotatable bonds is 6. The summed E-state index contributed by atoms with van der Waals surface area (Å²) >= 11 is 6.51. The Kier molecular flexibility index (Phi) is 8.60. The lowest BCUT2D eigenvalue weighted by Gasteiger charge is -2.32. The van der Waals surface area contributed by atoms with Crippen molar-refractivity contribution in [2.75, 3.05) is 23.4 Å². The number of nitrogens with two attached hydrogens (primary N) is 1. The summed E-state index contributed by atoms with van der Waals surface area (Å²) in [4.78, 5) is 33.3. The lowest BCUT2D eigenvalue weighted by atomic mass is 9.81. The zero-order valence-corrected chi connectivity index (χ0v) is 24.4. The van der Waals surface area contributed by atoms with Crippen LogP contribution in [0.5, 0.6) is 0 Å². The molecule has 0 saturated carbocycles. The second-order valence-electron chi connectivity index (χ2n) is 11.0. The molecule has 1 aromatic heterocycles. The Bertz CT molecular complexity index is 1520. The number of halogens is 7. The molecular formula is C30H29ClF6N4O2. The Morgan fingerprint density at radius 2 is 1.51 bits per heavy atom. The third-order valence-corrected chi connectivity index (χ3v) is 8.14. The van der Waals surface area contributed by atoms with Gasteiger partial charge in [0.2, 0.25) is 5.91 Å². The number of anilines is 2. The largest absolute Gasteiger partial charge is 0.416 e. The predicted molar refractivity (Wildman–Crippen MR) is 152 cm³/mol. The van der Waals surface area contributed by atoms with Gasteiger partial charge in [0.25, 0.3) is 0 Å². The van der Waals surface area contributed by atoms with Gasteiger partial charge in [0, 0.05) is 29.7 Å². The van der Waals surface area contributed by atoms with Gasteiger partial charge in [0.05, 0.1) is 40.5 Å². The van der Waals surface area contributed by atoms with Crippen molar-refractivity contribution >= 4 is 34.8 Å². The highest BCUT2D eigenvalue weighted by Crippen LogP contribution is 2.42. The molecule has 1 aliphatic heterocycles. The highest BCUT2D eigenvalue weighted by Gasteiger charge is 2.42. The predicted octanol–water partition coefficient (Wildman–Crippen LogP) is 7.08. The molecule has 2 N–H and O–H groups in total. The maximum atomic E-state index is 13.9. The monoisotopic (exact) mass is 626 g/mol. The lowest BCUT2D eigenvalue weighted by Crippen LogP contribution is -2.43. The number of likely N-dealkylation sites (N-methyl/N-ethyl adjacent to an activating group) is 1. The Balaban J connectivity index is 1.81. The molecular weight excluding hydrogens is 598 g/mol. The van der Waals surface area contributed by atoms with Crippen molar-refractivity contribution in [2.45, 2.75) is 51.1 Å². The molecule has 3 aromatic rings. The molecule has 1 saturated heterocycles. The highest BCUT2D eigenvalue weighted by molar-refractivity contribution is 6.33. The van der Waals surface area contributed by atoms with Crippen molar-refractivity contribution < 1.29 is 35.9 Å². The molecule has 2 heterocycles. The van der Waals surface area contributed by atoms with E-state index >= 15 is 0 Å². The van der Waals surface area contributed by atoms with Gasteiger partial charge in [-0.3, -0.25) is 9.59 Å². The first-order valence-corrected chi connectivity index (χ1v) is 13.6. The van der Waals surface area contributed by atoms with E-state index in [0.717, 1.165) is 4.90 Å². The van der Waals surface area contributed by atoms with E-state index in [9.17, 15) is 35.9 Å². The van der Waals surface area contributed by atoms with Gasteiger partial charge in [0.15, 0.2) is 0 Å². The third-order valence-electron chi connectivity index (χ3n) is 7.81. The Morgan fingerprint density at radius 3 is 2.02 bits per heavy atom. The van der Waals surface area contributed by atoms with E-state index in [1.54, 1.807) is 35.2 Å². The van der Waals surface area contributed by atoms with Crippen LogP contribution in [0.3, 0.4) is 0 Å². The Morgan fingerprint density at radius 1 is 0.953 bits per heavy atom. The molecule has 1 fully saturated rings. The Labute approximate surface area is 249 Å². The van der Waals surface area contributed by atoms with Crippen LogP contribution in [-0.4, -0.2) is 36.4 Å². The van der Waals surface area contributed by atoms with Gasteiger partial charge >= 0.3 is 12.4 Å². The van der Waals surface area contributed by atoms with Crippen LogP contribution < -0.4 is 15.5 Å². The summed E-state index contributed by atoms with van der Waals surface area (Å²) in [5, 5.41) is 0.320. The van der Waals surface area contributed by atoms with E-state index in [2.05, 4.69) is 4.98 Å². The summed E-state index contributed by atoms with van der Waals surface area (Å²) in [7, 11) is 1.35. The average molecular weight is 627 g/mol. The zero-order valence-electron chi connectivity index (χ0n) is 23.6. The normalized spacial score (nSPS) is 17.7. The minimum Gasteiger partial charge on any atom is -0.341 e. The molecule has 230 valence electrons. The SMILES string of the molecule is CC(=O)C1CCN(c2cc(-c3ccccc3Cl)c(N(C)C(=O)C(C)(C)c3cc(C(F)(F)F)cc(C(F)(F)F)c3)cn2)C1N. The van der Waals surface area contributed by atoms with Crippen molar-refractivity contribution in [1.29, 1.82) is 0 Å². The van der Waals surface area contributed by atoms with Crippen molar-refractivity contribution in [1.82, 2.24) is 4.98 Å². The maximum absolute atomic E-state index is 13.9. The number of alkyl halides is 6. The van der Waals surface area contributed by atoms with Crippen molar-refractivity contribution in [3.63, 3.8) is 0 Å². The minimum absolute atomic E-state index is 0.0195. The third kappa shape index (κ3) is 6.35. The van der Waals surface area contributed by atoms with Gasteiger partial charge in [-0.15, -0.1) is 0 Å². The number of Topliss-reactive ketones (excluding diaryl/α,β-unsaturated/α-hetero) is 1. The number of amides is 1. The van der Waals surface area contributed by atoms with Gasteiger partial charge in [0.1, 0.15) is 11.6 Å². The summed E-state index contributed by atoms with van der Waals surface area (Å²) < 4.78 is 81.4. The van der Waals surface area contributed by atoms with Gasteiger partial charge in [-0.2, -0.15) is 26.3 Å². The molecule has 2 aromatic carbocycles. The zero-order chi connectivity index (χ0) is 32.1. The highest BCUT2D eigenvalue weighted by atomic mass is 35.5. The first-order valence-electron chi connectivity index (χ1n) is 13.2. The number of hydrogen-bond donors (Lipinski definition) is 1. The van der Waals surface area contributed by atoms with Crippen LogP contribution in [0.4, 0.5) is 37.8 Å². The number of benzene rings is 2. The number of carbonyl (C=O) groups excluding carboxylic acids is 2. The van der Waals surface area contributed by atoms with E-state index in [-0.39, 0.29) is 17.5 Å². The second-order valence-corrected chi connectivity index (χ2v) is 11.4. The number of nitrogens with zero attached hydrogens (tertiary/aromatic N) is 3. The van der Waals surface area contributed by atoms with E-state index in [1.165, 1.54) is 34.0 Å². The molecule has 0 aliphatic carbocycles. The molecule has 0 radical (unpaired) electrons. The van der Waals surface area contributed by atoms with E-state index < -0.39 is 52.4 Å². The van der Waals surface area contributed by atoms with Crippen LogP contribution >= 0.6 is 11.6 Å². The van der Waals surface area contributed by atoms with Gasteiger partial charge < -0.3 is 15.5 Å². The van der Waals surface area contributed by atoms with Crippen LogP contribution in [0.2, 0.25) is 5.02 Å². The lowest BCUT2D eigenvalue weighted by molar-refractivity contribution is -0.143. The topological polar surface area (TPSA) is 79.5 Å². The number of pyridine rings is 1. The summed E-state index contributed by atoms with van der Waals surface area (Å²) in [5.41, 5.74) is 2.12. The number of carbonyl (C=O) groups is 2. The van der Waals surface area contributed by atoms with Crippen LogP contribution in [-0.2, 0) is 27.4 Å². The van der Waals surface area contributed by atoms with Crippen LogP contribution in [0, 0.1) is 5.92 Å². The van der Waals surface area contributed by atoms with Crippen molar-refractivity contribution in [3.05, 3.63) is 76.4 Å². The molecule has 0 bridgehead atoms. The number of ketones is 1. The van der Waals surface area contributed by atoms with E-state index in [4.69, 9.17) is 17.3 Å². The molecule has 2 unspecified atom stereocenters. The first-order chi connectivity index (χ1) is 19.8. The summed E-state index contributed by atoms with van der Waals surface area (Å²) in [5.74, 6) is -0.849. The fourth-order valence-electron chi connectivity index (χ4n) is 5.25. The summed E-state index contributed by atoms with van der Waals surface area (Å²) in [6.07, 6.45) is -8.91. The Hall–Kier alpha value is -3.64. The molecule has 6 nitrogen and oxygen atoms in total. The van der Waals surface area contributed by atoms with Crippen molar-refractivity contribution in [2.24, 2.45) is 11.7 Å². The average Bonchev–Trinajstić information content (AvgIpc) is 3.32. The molecule has 2 atom stereocenters. The molecule has 1 amide bonds. The molecule has 4 rings (SSSR count). The fraction of sp³-hybridized carbons (Fsp3) is 0.367. The van der Waals surface area contributed by atoms with Gasteiger partial charge in [-0.1, -0.05) is 29.8 Å². The number of hydrogen-bond acceptors (Lipinski definition) is 5. The van der Waals surface area contributed by atoms with E-state index in [1.807, 2.05) is 0 Å². The van der Waals surface area contributed by atoms with Gasteiger partial charge in [-0.05, 0) is 63.1 Å². The second kappa shape index (κ2) is 11.5. The molecule has 0 spiro atoms. The van der Waals surface area contributed by atoms with Crippen molar-refractivity contribution in [3.8, 4) is 11.1 Å². The number of aromatic nitrogens is 1. The van der Waals surface area contributed by atoms with Gasteiger partial charge in [-0.25, -0.2) is 4.98 Å². The summed E-state index contributed by atoms with van der Waals surface area (Å²) in [6, 6.07) is 9.50. The van der Waals surface area contributed by atoms with Crippen LogP contribution in [0.1, 0.15) is 43.9 Å². The molecule has 43 heavy (non-hydrogen) atoms. The quantitative estimate of drug-likeness (QED) is 0.296. The molecule has 13 heteroatoms. The van der Waals surface area contributed by atoms with E-state index in [0.29, 0.717) is 47.1 Å². The van der Waals surface area contributed by atoms with Crippen LogP contribution in [0.25, 0.3) is 11.1 Å². The van der Waals surface area contributed by atoms with Crippen LogP contribution in [0.15, 0.2) is 54.7 Å². The fourth-order valence-corrected chi connectivity index (χ4v) is 5.49. The first kappa shape index (κ1) is 32.3. The smallest absolute Gasteiger partial charge is 0.341 e. The minimum atomic E-state index is -5.07.